The molecule has 1 rings (SSSR count). The molecule has 1 N–H and O–H groups in total. The average Bonchev–Trinajstić information content (AvgIpc) is 2.60. The summed E-state index contributed by atoms with van der Waals surface area (Å²) in [7, 11) is 1.34. The quantitative estimate of drug-likeness (QED) is 0.697. The molecule has 0 aromatic heterocycles. The highest BCUT2D eigenvalue weighted by Crippen LogP contribution is 2.38. The summed E-state index contributed by atoms with van der Waals surface area (Å²) in [6.07, 6.45) is 1.89. The molecule has 0 aromatic carbocycles. The molecule has 3 atom stereocenters. The summed E-state index contributed by atoms with van der Waals surface area (Å²) < 4.78 is 4.62. The Kier molecular flexibility index (Phi) is 3.49. The number of hydrogen-bond donors (Lipinski definition) is 1. The van der Waals surface area contributed by atoms with Gasteiger partial charge < -0.3 is 9.84 Å². The number of methoxy groups -OCH3 is 1. The Labute approximate surface area is 83.2 Å². The number of carbonyl (C=O) groups is 2. The van der Waals surface area contributed by atoms with Gasteiger partial charge in [0.05, 0.1) is 18.9 Å². The standard InChI is InChI=1S/C10H16O4/c1-3-6-4-7(10(13)14-2)5-8(6)9(11)12/h6-8H,3-5H2,1-2H3,(H,11,12)/t6-,7?,8+/m0/s1. The fraction of sp³-hybridized carbons (Fsp3) is 0.800. The number of ether oxygens (including phenoxy) is 1. The third kappa shape index (κ3) is 2.05. The first-order valence-electron chi connectivity index (χ1n) is 4.90. The lowest BCUT2D eigenvalue weighted by atomic mass is 9.94. The molecular weight excluding hydrogens is 184 g/mol. The lowest BCUT2D eigenvalue weighted by Gasteiger charge is -2.11. The van der Waals surface area contributed by atoms with Gasteiger partial charge in [0.15, 0.2) is 0 Å². The lowest BCUT2D eigenvalue weighted by Crippen LogP contribution is -2.18. The molecule has 0 bridgehead atoms. The Balaban J connectivity index is 2.65. The zero-order chi connectivity index (χ0) is 10.7. The molecule has 0 radical (unpaired) electrons. The van der Waals surface area contributed by atoms with E-state index >= 15 is 0 Å². The van der Waals surface area contributed by atoms with Crippen LogP contribution >= 0.6 is 0 Å². The van der Waals surface area contributed by atoms with Gasteiger partial charge in [-0.05, 0) is 18.8 Å². The van der Waals surface area contributed by atoms with E-state index in [2.05, 4.69) is 4.74 Å². The normalized spacial score (nSPS) is 31.4. The topological polar surface area (TPSA) is 63.6 Å². The van der Waals surface area contributed by atoms with Crippen molar-refractivity contribution < 1.29 is 19.4 Å². The molecule has 0 saturated heterocycles. The van der Waals surface area contributed by atoms with Gasteiger partial charge in [-0.25, -0.2) is 0 Å². The van der Waals surface area contributed by atoms with Gasteiger partial charge >= 0.3 is 11.9 Å². The third-order valence-electron chi connectivity index (χ3n) is 3.07. The van der Waals surface area contributed by atoms with E-state index in [1.54, 1.807) is 0 Å². The van der Waals surface area contributed by atoms with Gasteiger partial charge in [-0.3, -0.25) is 9.59 Å². The molecule has 0 spiro atoms. The van der Waals surface area contributed by atoms with E-state index in [-0.39, 0.29) is 23.7 Å². The van der Waals surface area contributed by atoms with E-state index in [0.29, 0.717) is 12.8 Å². The number of esters is 1. The molecule has 1 aliphatic rings. The molecule has 1 unspecified atom stereocenters. The summed E-state index contributed by atoms with van der Waals surface area (Å²) in [6.45, 7) is 1.96. The van der Waals surface area contributed by atoms with Crippen LogP contribution in [0.15, 0.2) is 0 Å². The largest absolute Gasteiger partial charge is 0.481 e. The fourth-order valence-corrected chi connectivity index (χ4v) is 2.24. The minimum absolute atomic E-state index is 0.122. The first-order valence-corrected chi connectivity index (χ1v) is 4.90. The Morgan fingerprint density at radius 1 is 1.43 bits per heavy atom. The number of carbonyl (C=O) groups excluding carboxylic acids is 1. The van der Waals surface area contributed by atoms with E-state index in [0.717, 1.165) is 6.42 Å². The molecule has 4 heteroatoms. The zero-order valence-electron chi connectivity index (χ0n) is 8.53. The Morgan fingerprint density at radius 3 is 2.43 bits per heavy atom. The molecule has 1 saturated carbocycles. The summed E-state index contributed by atoms with van der Waals surface area (Å²) in [5.74, 6) is -1.53. The first kappa shape index (κ1) is 11.0. The minimum Gasteiger partial charge on any atom is -0.481 e. The van der Waals surface area contributed by atoms with Crippen molar-refractivity contribution in [1.29, 1.82) is 0 Å². The molecule has 1 fully saturated rings. The van der Waals surface area contributed by atoms with E-state index in [9.17, 15) is 9.59 Å². The maximum atomic E-state index is 11.2. The van der Waals surface area contributed by atoms with E-state index < -0.39 is 5.97 Å². The van der Waals surface area contributed by atoms with Crippen molar-refractivity contribution >= 4 is 11.9 Å². The summed E-state index contributed by atoms with van der Waals surface area (Å²) in [6, 6.07) is 0. The number of aliphatic carboxylic acids is 1. The predicted octanol–water partition coefficient (Wildman–Crippen LogP) is 1.30. The van der Waals surface area contributed by atoms with Gasteiger partial charge in [-0.2, -0.15) is 0 Å². The van der Waals surface area contributed by atoms with Crippen LogP contribution in [-0.2, 0) is 14.3 Å². The summed E-state index contributed by atoms with van der Waals surface area (Å²) in [5.41, 5.74) is 0. The molecule has 0 amide bonds. The highest BCUT2D eigenvalue weighted by Gasteiger charge is 2.41. The van der Waals surface area contributed by atoms with Crippen LogP contribution in [0.25, 0.3) is 0 Å². The minimum atomic E-state index is -0.789. The van der Waals surface area contributed by atoms with Crippen molar-refractivity contribution in [1.82, 2.24) is 0 Å². The maximum absolute atomic E-state index is 11.2. The van der Waals surface area contributed by atoms with Crippen LogP contribution in [0.4, 0.5) is 0 Å². The average molecular weight is 200 g/mol. The van der Waals surface area contributed by atoms with E-state index in [1.807, 2.05) is 6.92 Å². The highest BCUT2D eigenvalue weighted by molar-refractivity contribution is 5.76. The molecular formula is C10H16O4. The second-order valence-corrected chi connectivity index (χ2v) is 3.80. The SMILES string of the molecule is CC[C@H]1CC(C(=O)OC)C[C@H]1C(=O)O. The van der Waals surface area contributed by atoms with Crippen molar-refractivity contribution in [3.63, 3.8) is 0 Å². The van der Waals surface area contributed by atoms with Crippen LogP contribution in [0.5, 0.6) is 0 Å². The second-order valence-electron chi connectivity index (χ2n) is 3.80. The molecule has 1 aliphatic carbocycles. The first-order chi connectivity index (χ1) is 6.60. The molecule has 14 heavy (non-hydrogen) atoms. The maximum Gasteiger partial charge on any atom is 0.308 e. The van der Waals surface area contributed by atoms with E-state index in [4.69, 9.17) is 5.11 Å². The van der Waals surface area contributed by atoms with Gasteiger partial charge in [-0.15, -0.1) is 0 Å². The third-order valence-corrected chi connectivity index (χ3v) is 3.07. The molecule has 0 aromatic rings. The van der Waals surface area contributed by atoms with Gasteiger partial charge in [0, 0.05) is 0 Å². The number of carboxylic acid groups (broad SMARTS) is 1. The Morgan fingerprint density at radius 2 is 2.07 bits per heavy atom. The van der Waals surface area contributed by atoms with Crippen molar-refractivity contribution in [2.75, 3.05) is 7.11 Å². The zero-order valence-corrected chi connectivity index (χ0v) is 8.53. The number of hydrogen-bond acceptors (Lipinski definition) is 3. The molecule has 80 valence electrons. The number of carboxylic acids is 1. The van der Waals surface area contributed by atoms with Crippen LogP contribution in [0.1, 0.15) is 26.2 Å². The van der Waals surface area contributed by atoms with Crippen molar-refractivity contribution in [2.24, 2.45) is 17.8 Å². The van der Waals surface area contributed by atoms with Gasteiger partial charge in [-0.1, -0.05) is 13.3 Å². The van der Waals surface area contributed by atoms with Crippen LogP contribution < -0.4 is 0 Å². The second kappa shape index (κ2) is 4.44. The van der Waals surface area contributed by atoms with Gasteiger partial charge in [0.2, 0.25) is 0 Å². The Hall–Kier alpha value is -1.06. The van der Waals surface area contributed by atoms with Gasteiger partial charge in [0.25, 0.3) is 0 Å². The van der Waals surface area contributed by atoms with Crippen molar-refractivity contribution in [3.05, 3.63) is 0 Å². The Bertz CT molecular complexity index is 236. The lowest BCUT2D eigenvalue weighted by molar-refractivity contribution is -0.145. The highest BCUT2D eigenvalue weighted by atomic mass is 16.5. The van der Waals surface area contributed by atoms with Crippen molar-refractivity contribution in [3.8, 4) is 0 Å². The molecule has 4 nitrogen and oxygen atoms in total. The summed E-state index contributed by atoms with van der Waals surface area (Å²) >= 11 is 0. The fourth-order valence-electron chi connectivity index (χ4n) is 2.24. The van der Waals surface area contributed by atoms with Crippen LogP contribution in [-0.4, -0.2) is 24.2 Å². The van der Waals surface area contributed by atoms with Gasteiger partial charge in [0.1, 0.15) is 0 Å². The van der Waals surface area contributed by atoms with Crippen LogP contribution in [0.3, 0.4) is 0 Å². The van der Waals surface area contributed by atoms with Crippen molar-refractivity contribution in [2.45, 2.75) is 26.2 Å². The predicted molar refractivity (Wildman–Crippen MR) is 49.6 cm³/mol. The summed E-state index contributed by atoms with van der Waals surface area (Å²) in [5, 5.41) is 8.93. The summed E-state index contributed by atoms with van der Waals surface area (Å²) in [4.78, 5) is 22.1. The molecule has 0 heterocycles. The van der Waals surface area contributed by atoms with Crippen LogP contribution in [0, 0.1) is 17.8 Å². The van der Waals surface area contributed by atoms with E-state index in [1.165, 1.54) is 7.11 Å². The monoisotopic (exact) mass is 200 g/mol. The smallest absolute Gasteiger partial charge is 0.308 e. The molecule has 0 aliphatic heterocycles. The van der Waals surface area contributed by atoms with Crippen LogP contribution in [0.2, 0.25) is 0 Å². The number of rotatable bonds is 3.